The minimum atomic E-state index is 0.185. The SMILES string of the molecule is NC(c1ccc(Cl)s1)C1CCCS1. The molecule has 0 radical (unpaired) electrons. The zero-order chi connectivity index (χ0) is 9.26. The van der Waals surface area contributed by atoms with Crippen molar-refractivity contribution in [1.29, 1.82) is 0 Å². The van der Waals surface area contributed by atoms with Gasteiger partial charge in [0.05, 0.1) is 10.4 Å². The third-order valence-electron chi connectivity index (χ3n) is 2.29. The number of halogens is 1. The van der Waals surface area contributed by atoms with Crippen LogP contribution in [0.25, 0.3) is 0 Å². The van der Waals surface area contributed by atoms with Gasteiger partial charge in [-0.15, -0.1) is 11.3 Å². The molecule has 1 aliphatic rings. The molecule has 0 amide bonds. The Morgan fingerprint density at radius 1 is 1.54 bits per heavy atom. The highest BCUT2D eigenvalue weighted by Gasteiger charge is 2.24. The van der Waals surface area contributed by atoms with E-state index < -0.39 is 0 Å². The summed E-state index contributed by atoms with van der Waals surface area (Å²) >= 11 is 9.47. The van der Waals surface area contributed by atoms with Gasteiger partial charge in [-0.2, -0.15) is 11.8 Å². The fourth-order valence-electron chi connectivity index (χ4n) is 1.58. The molecule has 0 aliphatic carbocycles. The van der Waals surface area contributed by atoms with Gasteiger partial charge >= 0.3 is 0 Å². The molecule has 1 aliphatic heterocycles. The molecular formula is C9H12ClNS2. The fourth-order valence-corrected chi connectivity index (χ4v) is 4.11. The predicted octanol–water partition coefficient (Wildman–Crippen LogP) is 3.30. The van der Waals surface area contributed by atoms with E-state index in [0.717, 1.165) is 4.34 Å². The van der Waals surface area contributed by atoms with Crippen LogP contribution in [0, 0.1) is 0 Å². The first kappa shape index (κ1) is 9.84. The molecule has 1 aromatic heterocycles. The van der Waals surface area contributed by atoms with Crippen molar-refractivity contribution in [2.24, 2.45) is 5.73 Å². The summed E-state index contributed by atoms with van der Waals surface area (Å²) in [6.07, 6.45) is 2.56. The minimum absolute atomic E-state index is 0.185. The molecule has 2 heterocycles. The number of thioether (sulfide) groups is 1. The van der Waals surface area contributed by atoms with Crippen LogP contribution in [0.2, 0.25) is 4.34 Å². The first-order chi connectivity index (χ1) is 6.27. The van der Waals surface area contributed by atoms with Crippen LogP contribution < -0.4 is 5.73 Å². The average Bonchev–Trinajstić information content (AvgIpc) is 2.72. The molecule has 0 saturated carbocycles. The Bertz CT molecular complexity index is 281. The van der Waals surface area contributed by atoms with E-state index in [-0.39, 0.29) is 6.04 Å². The summed E-state index contributed by atoms with van der Waals surface area (Å²) in [7, 11) is 0. The summed E-state index contributed by atoms with van der Waals surface area (Å²) in [6, 6.07) is 4.17. The van der Waals surface area contributed by atoms with Crippen LogP contribution >= 0.6 is 34.7 Å². The maximum absolute atomic E-state index is 6.14. The lowest BCUT2D eigenvalue weighted by atomic mass is 10.1. The molecule has 0 bridgehead atoms. The fraction of sp³-hybridized carbons (Fsp3) is 0.556. The molecule has 2 N–H and O–H groups in total. The monoisotopic (exact) mass is 233 g/mol. The van der Waals surface area contributed by atoms with E-state index in [1.807, 2.05) is 17.8 Å². The van der Waals surface area contributed by atoms with Crippen LogP contribution in [0.5, 0.6) is 0 Å². The van der Waals surface area contributed by atoms with E-state index in [2.05, 4.69) is 6.07 Å². The standard InChI is InChI=1S/C9H12ClNS2/c10-8-4-3-7(13-8)9(11)6-2-1-5-12-6/h3-4,6,9H,1-2,5,11H2. The molecule has 2 rings (SSSR count). The van der Waals surface area contributed by atoms with Crippen LogP contribution in [-0.4, -0.2) is 11.0 Å². The Balaban J connectivity index is 2.07. The molecule has 1 aromatic rings. The van der Waals surface area contributed by atoms with Crippen LogP contribution in [0.3, 0.4) is 0 Å². The average molecular weight is 234 g/mol. The maximum atomic E-state index is 6.14. The number of thiophene rings is 1. The molecule has 0 spiro atoms. The molecular weight excluding hydrogens is 222 g/mol. The minimum Gasteiger partial charge on any atom is -0.322 e. The van der Waals surface area contributed by atoms with Gasteiger partial charge in [0.2, 0.25) is 0 Å². The predicted molar refractivity (Wildman–Crippen MR) is 61.7 cm³/mol. The first-order valence-electron chi connectivity index (χ1n) is 4.40. The Kier molecular flexibility index (Phi) is 3.19. The second kappa shape index (κ2) is 4.22. The normalized spacial score (nSPS) is 24.9. The van der Waals surface area contributed by atoms with Gasteiger partial charge in [-0.05, 0) is 30.7 Å². The number of hydrogen-bond donors (Lipinski definition) is 1. The van der Waals surface area contributed by atoms with Gasteiger partial charge in [0.25, 0.3) is 0 Å². The van der Waals surface area contributed by atoms with Gasteiger partial charge in [0, 0.05) is 10.1 Å². The van der Waals surface area contributed by atoms with Crippen molar-refractivity contribution >= 4 is 34.7 Å². The van der Waals surface area contributed by atoms with Gasteiger partial charge in [-0.25, -0.2) is 0 Å². The van der Waals surface area contributed by atoms with Crippen molar-refractivity contribution < 1.29 is 0 Å². The quantitative estimate of drug-likeness (QED) is 0.849. The van der Waals surface area contributed by atoms with E-state index in [1.54, 1.807) is 11.3 Å². The van der Waals surface area contributed by atoms with Crippen molar-refractivity contribution in [3.63, 3.8) is 0 Å². The molecule has 2 atom stereocenters. The lowest BCUT2D eigenvalue weighted by Gasteiger charge is -2.15. The summed E-state index contributed by atoms with van der Waals surface area (Å²) in [5.74, 6) is 1.26. The van der Waals surface area contributed by atoms with Crippen molar-refractivity contribution in [3.8, 4) is 0 Å². The van der Waals surface area contributed by atoms with Crippen LogP contribution in [0.1, 0.15) is 23.8 Å². The molecule has 1 nitrogen and oxygen atoms in total. The zero-order valence-corrected chi connectivity index (χ0v) is 9.59. The lowest BCUT2D eigenvalue weighted by Crippen LogP contribution is -2.20. The van der Waals surface area contributed by atoms with Crippen LogP contribution in [-0.2, 0) is 0 Å². The summed E-state index contributed by atoms with van der Waals surface area (Å²) < 4.78 is 0.841. The molecule has 2 unspecified atom stereocenters. The van der Waals surface area contributed by atoms with Crippen molar-refractivity contribution in [3.05, 3.63) is 21.3 Å². The highest BCUT2D eigenvalue weighted by Crippen LogP contribution is 2.37. The number of hydrogen-bond acceptors (Lipinski definition) is 3. The van der Waals surface area contributed by atoms with Crippen LogP contribution in [0.15, 0.2) is 12.1 Å². The van der Waals surface area contributed by atoms with Crippen molar-refractivity contribution in [1.82, 2.24) is 0 Å². The number of nitrogens with two attached hydrogens (primary N) is 1. The Morgan fingerprint density at radius 2 is 2.38 bits per heavy atom. The van der Waals surface area contributed by atoms with E-state index in [1.165, 1.54) is 23.5 Å². The summed E-state index contributed by atoms with van der Waals surface area (Å²) in [5.41, 5.74) is 6.14. The van der Waals surface area contributed by atoms with Gasteiger partial charge in [0.15, 0.2) is 0 Å². The van der Waals surface area contributed by atoms with E-state index in [4.69, 9.17) is 17.3 Å². The highest BCUT2D eigenvalue weighted by molar-refractivity contribution is 8.00. The van der Waals surface area contributed by atoms with Crippen molar-refractivity contribution in [2.75, 3.05) is 5.75 Å². The highest BCUT2D eigenvalue weighted by atomic mass is 35.5. The maximum Gasteiger partial charge on any atom is 0.0931 e. The summed E-state index contributed by atoms with van der Waals surface area (Å²) in [5, 5.41) is 0.606. The van der Waals surface area contributed by atoms with Gasteiger partial charge in [-0.3, -0.25) is 0 Å². The largest absolute Gasteiger partial charge is 0.322 e. The smallest absolute Gasteiger partial charge is 0.0931 e. The third kappa shape index (κ3) is 2.21. The zero-order valence-electron chi connectivity index (χ0n) is 7.20. The molecule has 0 aromatic carbocycles. The van der Waals surface area contributed by atoms with E-state index in [0.29, 0.717) is 5.25 Å². The third-order valence-corrected chi connectivity index (χ3v) is 5.10. The second-order valence-corrected chi connectivity index (χ2v) is 6.31. The Hall–Kier alpha value is 0.300. The molecule has 4 heteroatoms. The lowest BCUT2D eigenvalue weighted by molar-refractivity contribution is 0.655. The first-order valence-corrected chi connectivity index (χ1v) is 6.64. The van der Waals surface area contributed by atoms with E-state index in [9.17, 15) is 0 Å². The topological polar surface area (TPSA) is 26.0 Å². The molecule has 13 heavy (non-hydrogen) atoms. The van der Waals surface area contributed by atoms with Crippen LogP contribution in [0.4, 0.5) is 0 Å². The molecule has 1 saturated heterocycles. The summed E-state index contributed by atoms with van der Waals surface area (Å²) in [4.78, 5) is 1.23. The molecule has 72 valence electrons. The van der Waals surface area contributed by atoms with E-state index >= 15 is 0 Å². The van der Waals surface area contributed by atoms with Gasteiger partial charge in [-0.1, -0.05) is 11.6 Å². The summed E-state index contributed by atoms with van der Waals surface area (Å²) in [6.45, 7) is 0. The second-order valence-electron chi connectivity index (χ2n) is 3.22. The van der Waals surface area contributed by atoms with Gasteiger partial charge in [0.1, 0.15) is 0 Å². The van der Waals surface area contributed by atoms with Crippen molar-refractivity contribution in [2.45, 2.75) is 24.1 Å². The Morgan fingerprint density at radius 3 is 2.92 bits per heavy atom. The van der Waals surface area contributed by atoms with Gasteiger partial charge < -0.3 is 5.73 Å². The molecule has 1 fully saturated rings. The Labute approximate surface area is 91.7 Å². The number of rotatable bonds is 2.